The molecule has 0 aromatic heterocycles. The van der Waals surface area contributed by atoms with Crippen molar-refractivity contribution < 1.29 is 0 Å². The first-order valence-electron chi connectivity index (χ1n) is 3.98. The minimum Gasteiger partial charge on any atom is -0.326 e. The van der Waals surface area contributed by atoms with Gasteiger partial charge in [0.25, 0.3) is 0 Å². The van der Waals surface area contributed by atoms with E-state index >= 15 is 0 Å². The molecule has 1 N–H and O–H groups in total. The number of nitrogens with one attached hydrogen (secondary N) is 1. The lowest BCUT2D eigenvalue weighted by Gasteiger charge is -2.26. The van der Waals surface area contributed by atoms with E-state index < -0.39 is 7.55 Å². The van der Waals surface area contributed by atoms with Crippen LogP contribution in [0.5, 0.6) is 0 Å². The van der Waals surface area contributed by atoms with Crippen LogP contribution >= 0.6 is 11.1 Å². The Balaban J connectivity index is 3.82. The van der Waals surface area contributed by atoms with E-state index in [-0.39, 0.29) is 0 Å². The second-order valence-electron chi connectivity index (χ2n) is 2.92. The van der Waals surface area contributed by atoms with Crippen LogP contribution in [0.1, 0.15) is 27.2 Å². The summed E-state index contributed by atoms with van der Waals surface area (Å²) < 4.78 is 0. The van der Waals surface area contributed by atoms with Crippen LogP contribution in [0.2, 0.25) is 12.1 Å². The molecule has 0 aliphatic rings. The Kier molecular flexibility index (Phi) is 4.57. The van der Waals surface area contributed by atoms with Gasteiger partial charge in [-0.3, -0.25) is 0 Å². The number of hydrogen-bond donors (Lipinski definition) is 1. The van der Waals surface area contributed by atoms with E-state index in [0.717, 1.165) is 6.54 Å². The minimum absolute atomic E-state index is 0.661. The zero-order valence-corrected chi connectivity index (χ0v) is 9.13. The molecule has 1 nitrogen and oxygen atoms in total. The first kappa shape index (κ1) is 10.5. The minimum atomic E-state index is -1.58. The summed E-state index contributed by atoms with van der Waals surface area (Å²) in [5.74, 6) is 0. The maximum atomic E-state index is 6.31. The molecule has 3 heteroatoms. The summed E-state index contributed by atoms with van der Waals surface area (Å²) in [5.41, 5.74) is 0.661. The lowest BCUT2D eigenvalue weighted by Crippen LogP contribution is -2.45. The van der Waals surface area contributed by atoms with Gasteiger partial charge in [0.15, 0.2) is 0 Å². The Morgan fingerprint density at radius 2 is 2.00 bits per heavy atom. The predicted molar refractivity (Wildman–Crippen MR) is 50.9 cm³/mol. The largest absolute Gasteiger partial charge is 0.326 e. The first-order valence-corrected chi connectivity index (χ1v) is 7.57. The fourth-order valence-corrected chi connectivity index (χ4v) is 3.57. The van der Waals surface area contributed by atoms with Crippen LogP contribution in [-0.2, 0) is 0 Å². The summed E-state index contributed by atoms with van der Waals surface area (Å²) in [7, 11) is -1.58. The molecular formula is C7H18ClNSi. The van der Waals surface area contributed by atoms with Crippen molar-refractivity contribution in [3.8, 4) is 0 Å². The van der Waals surface area contributed by atoms with E-state index in [1.54, 1.807) is 0 Å². The Hall–Kier alpha value is 0.467. The van der Waals surface area contributed by atoms with E-state index in [0.29, 0.717) is 5.54 Å². The fourth-order valence-electron chi connectivity index (χ4n) is 0.903. The lowest BCUT2D eigenvalue weighted by molar-refractivity contribution is 0.812. The van der Waals surface area contributed by atoms with Crippen LogP contribution < -0.4 is 4.98 Å². The van der Waals surface area contributed by atoms with Crippen LogP contribution in [-0.4, -0.2) is 14.1 Å². The molecule has 2 unspecified atom stereocenters. The zero-order valence-electron chi connectivity index (χ0n) is 7.37. The summed E-state index contributed by atoms with van der Waals surface area (Å²) >= 11 is 6.31. The van der Waals surface area contributed by atoms with Gasteiger partial charge >= 0.3 is 0 Å². The van der Waals surface area contributed by atoms with Crippen molar-refractivity contribution in [1.82, 2.24) is 4.98 Å². The van der Waals surface area contributed by atoms with Crippen molar-refractivity contribution in [3.05, 3.63) is 0 Å². The predicted octanol–water partition coefficient (Wildman–Crippen LogP) is 2.71. The van der Waals surface area contributed by atoms with Crippen LogP contribution in [0, 0.1) is 0 Å². The van der Waals surface area contributed by atoms with Crippen molar-refractivity contribution in [2.24, 2.45) is 0 Å². The topological polar surface area (TPSA) is 12.0 Å². The van der Waals surface area contributed by atoms with Gasteiger partial charge in [-0.1, -0.05) is 27.2 Å². The van der Waals surface area contributed by atoms with Gasteiger partial charge in [-0.15, -0.1) is 11.1 Å². The maximum Gasteiger partial charge on any atom is 0.226 e. The summed E-state index contributed by atoms with van der Waals surface area (Å²) in [6.07, 6.45) is 1.18. The first-order chi connectivity index (χ1) is 4.54. The molecular weight excluding hydrogens is 162 g/mol. The van der Waals surface area contributed by atoms with E-state index in [2.05, 4.69) is 32.3 Å². The molecule has 2 atom stereocenters. The zero-order chi connectivity index (χ0) is 8.20. The number of hydrogen-bond acceptors (Lipinski definition) is 1. The Morgan fingerprint density at radius 3 is 2.30 bits per heavy atom. The average molecular weight is 180 g/mol. The molecule has 0 aromatic carbocycles. The summed E-state index contributed by atoms with van der Waals surface area (Å²) in [6, 6.07) is 0. The molecule has 0 saturated carbocycles. The summed E-state index contributed by atoms with van der Waals surface area (Å²) in [4.78, 5) is 3.38. The van der Waals surface area contributed by atoms with Crippen molar-refractivity contribution in [2.45, 2.75) is 39.3 Å². The number of halogens is 1. The third-order valence-electron chi connectivity index (χ3n) is 2.06. The molecule has 0 heterocycles. The molecule has 0 bridgehead atoms. The Labute approximate surface area is 69.9 Å². The Morgan fingerprint density at radius 1 is 1.50 bits per heavy atom. The molecule has 0 aromatic rings. The maximum absolute atomic E-state index is 6.31. The normalized spacial score (nSPS) is 20.1. The van der Waals surface area contributed by atoms with Gasteiger partial charge in [0.1, 0.15) is 0 Å². The molecule has 0 spiro atoms. The quantitative estimate of drug-likeness (QED) is 0.517. The molecule has 62 valence electrons. The van der Waals surface area contributed by atoms with Gasteiger partial charge in [0, 0.05) is 0 Å². The van der Waals surface area contributed by atoms with Crippen LogP contribution in [0.15, 0.2) is 0 Å². The van der Waals surface area contributed by atoms with Gasteiger partial charge < -0.3 is 4.98 Å². The van der Waals surface area contributed by atoms with Gasteiger partial charge in [0.05, 0.1) is 0 Å². The molecule has 0 aliphatic carbocycles. The van der Waals surface area contributed by atoms with E-state index in [9.17, 15) is 0 Å². The standard InChI is InChI=1S/C7H18ClNSi/c1-5-7(3)10(4,8)9-6-2/h7,9H,5-6H2,1-4H3. The van der Waals surface area contributed by atoms with Crippen molar-refractivity contribution >= 4 is 18.6 Å². The van der Waals surface area contributed by atoms with Crippen molar-refractivity contribution in [1.29, 1.82) is 0 Å². The van der Waals surface area contributed by atoms with Crippen LogP contribution in [0.3, 0.4) is 0 Å². The summed E-state index contributed by atoms with van der Waals surface area (Å²) in [5, 5.41) is 0. The van der Waals surface area contributed by atoms with Crippen molar-refractivity contribution in [2.75, 3.05) is 6.54 Å². The highest BCUT2D eigenvalue weighted by atomic mass is 35.6. The van der Waals surface area contributed by atoms with Gasteiger partial charge in [0.2, 0.25) is 7.55 Å². The van der Waals surface area contributed by atoms with Crippen LogP contribution in [0.25, 0.3) is 0 Å². The SMILES string of the molecule is CCN[Si](C)(Cl)C(C)CC. The highest BCUT2D eigenvalue weighted by Crippen LogP contribution is 2.25. The van der Waals surface area contributed by atoms with E-state index in [4.69, 9.17) is 11.1 Å². The lowest BCUT2D eigenvalue weighted by atomic mass is 10.4. The third-order valence-corrected chi connectivity index (χ3v) is 6.88. The molecule has 0 saturated heterocycles. The molecule has 0 amide bonds. The summed E-state index contributed by atoms with van der Waals surface area (Å²) in [6.45, 7) is 9.69. The van der Waals surface area contributed by atoms with Gasteiger partial charge in [-0.2, -0.15) is 0 Å². The highest BCUT2D eigenvalue weighted by Gasteiger charge is 2.29. The second kappa shape index (κ2) is 4.37. The van der Waals surface area contributed by atoms with Gasteiger partial charge in [-0.05, 0) is 18.6 Å². The van der Waals surface area contributed by atoms with Gasteiger partial charge in [-0.25, -0.2) is 0 Å². The van der Waals surface area contributed by atoms with E-state index in [1.165, 1.54) is 6.42 Å². The Bertz CT molecular complexity index is 95.6. The smallest absolute Gasteiger partial charge is 0.226 e. The third kappa shape index (κ3) is 3.04. The average Bonchev–Trinajstić information content (AvgIpc) is 1.86. The molecule has 10 heavy (non-hydrogen) atoms. The number of rotatable bonds is 4. The van der Waals surface area contributed by atoms with Crippen molar-refractivity contribution in [3.63, 3.8) is 0 Å². The monoisotopic (exact) mass is 179 g/mol. The molecule has 0 aliphatic heterocycles. The van der Waals surface area contributed by atoms with E-state index in [1.807, 2.05) is 0 Å². The highest BCUT2D eigenvalue weighted by molar-refractivity contribution is 7.19. The molecule has 0 rings (SSSR count). The molecule has 0 fully saturated rings. The fraction of sp³-hybridized carbons (Fsp3) is 1.00. The molecule has 0 radical (unpaired) electrons. The van der Waals surface area contributed by atoms with Crippen LogP contribution in [0.4, 0.5) is 0 Å². The second-order valence-corrected chi connectivity index (χ2v) is 8.76.